The van der Waals surface area contributed by atoms with Crippen LogP contribution in [0.1, 0.15) is 72.6 Å². The van der Waals surface area contributed by atoms with Crippen molar-refractivity contribution >= 4 is 22.6 Å². The highest BCUT2D eigenvalue weighted by atomic mass is 127. The molecule has 1 fully saturated rings. The van der Waals surface area contributed by atoms with Gasteiger partial charge in [0.05, 0.1) is 6.61 Å². The molecule has 4 atom stereocenters. The summed E-state index contributed by atoms with van der Waals surface area (Å²) in [4.78, 5) is 0. The quantitative estimate of drug-likeness (QED) is 0.234. The predicted molar refractivity (Wildman–Crippen MR) is 114 cm³/mol. The Labute approximate surface area is 163 Å². The van der Waals surface area contributed by atoms with Gasteiger partial charge in [-0.2, -0.15) is 0 Å². The van der Waals surface area contributed by atoms with Crippen LogP contribution in [-0.4, -0.2) is 18.1 Å². The minimum absolute atomic E-state index is 0.387. The van der Waals surface area contributed by atoms with Gasteiger partial charge in [0.15, 0.2) is 0 Å². The fraction of sp³-hybridized carbons (Fsp3) is 0.818. The molecular weight excluding hydrogens is 407 g/mol. The largest absolute Gasteiger partial charge is 0.381 e. The van der Waals surface area contributed by atoms with Gasteiger partial charge in [-0.15, -0.1) is 0 Å². The van der Waals surface area contributed by atoms with E-state index in [0.717, 1.165) is 18.4 Å². The lowest BCUT2D eigenvalue weighted by molar-refractivity contribution is 0.0688. The average molecular weight is 444 g/mol. The van der Waals surface area contributed by atoms with Crippen molar-refractivity contribution in [3.63, 3.8) is 0 Å². The van der Waals surface area contributed by atoms with Crippen LogP contribution < -0.4 is 0 Å². The zero-order valence-corrected chi connectivity index (χ0v) is 18.6. The molecule has 0 amide bonds. The van der Waals surface area contributed by atoms with Crippen molar-refractivity contribution in [2.75, 3.05) is 18.1 Å². The Kier molecular flexibility index (Phi) is 7.43. The van der Waals surface area contributed by atoms with Gasteiger partial charge in [-0.25, -0.2) is 0 Å². The lowest BCUT2D eigenvalue weighted by Gasteiger charge is -2.54. The van der Waals surface area contributed by atoms with Crippen LogP contribution in [0.25, 0.3) is 0 Å². The first kappa shape index (κ1) is 20.5. The van der Waals surface area contributed by atoms with Crippen molar-refractivity contribution in [3.05, 3.63) is 23.3 Å². The van der Waals surface area contributed by atoms with E-state index in [4.69, 9.17) is 4.74 Å². The average Bonchev–Trinajstić information content (AvgIpc) is 2.55. The molecule has 2 aliphatic rings. The van der Waals surface area contributed by atoms with E-state index in [0.29, 0.717) is 10.8 Å². The van der Waals surface area contributed by atoms with Gasteiger partial charge in [-0.3, -0.25) is 0 Å². The molecule has 2 heteroatoms. The Morgan fingerprint density at radius 3 is 2.75 bits per heavy atom. The van der Waals surface area contributed by atoms with E-state index < -0.39 is 0 Å². The molecule has 1 nitrogen and oxygen atoms in total. The molecule has 0 saturated heterocycles. The van der Waals surface area contributed by atoms with Gasteiger partial charge in [0, 0.05) is 11.5 Å². The van der Waals surface area contributed by atoms with Crippen LogP contribution >= 0.6 is 22.6 Å². The van der Waals surface area contributed by atoms with Gasteiger partial charge >= 0.3 is 0 Å². The van der Waals surface area contributed by atoms with Crippen molar-refractivity contribution in [1.82, 2.24) is 0 Å². The molecule has 0 heterocycles. The summed E-state index contributed by atoms with van der Waals surface area (Å²) in [6.07, 6.45) is 14.3. The first-order valence-electron chi connectivity index (χ1n) is 9.78. The minimum atomic E-state index is 0.387. The SMILES string of the molecule is COC/C=C(\C)CC[C@]1(C)C2=CCC[C@](C)(CCI)[C@H]2CC[C@H]1C. The summed E-state index contributed by atoms with van der Waals surface area (Å²) in [7, 11) is 1.78. The molecule has 24 heavy (non-hydrogen) atoms. The fourth-order valence-corrected chi connectivity index (χ4v) is 6.33. The number of allylic oxidation sites excluding steroid dienone is 3. The number of hydrogen-bond donors (Lipinski definition) is 0. The second-order valence-corrected chi connectivity index (χ2v) is 9.82. The second kappa shape index (κ2) is 8.70. The zero-order chi connectivity index (χ0) is 17.8. The lowest BCUT2D eigenvalue weighted by atomic mass is 9.51. The van der Waals surface area contributed by atoms with Gasteiger partial charge in [0.1, 0.15) is 0 Å². The van der Waals surface area contributed by atoms with Crippen LogP contribution in [0.4, 0.5) is 0 Å². The van der Waals surface area contributed by atoms with Gasteiger partial charge in [0.2, 0.25) is 0 Å². The summed E-state index contributed by atoms with van der Waals surface area (Å²) < 4.78 is 6.50. The molecule has 0 spiro atoms. The summed E-state index contributed by atoms with van der Waals surface area (Å²) in [6.45, 7) is 10.6. The van der Waals surface area contributed by atoms with Crippen molar-refractivity contribution in [3.8, 4) is 0 Å². The van der Waals surface area contributed by atoms with Crippen molar-refractivity contribution in [1.29, 1.82) is 0 Å². The van der Waals surface area contributed by atoms with Crippen molar-refractivity contribution in [2.45, 2.75) is 72.6 Å². The van der Waals surface area contributed by atoms with E-state index in [2.05, 4.69) is 62.4 Å². The summed E-state index contributed by atoms with van der Waals surface area (Å²) in [6, 6.07) is 0. The molecule has 0 aromatic heterocycles. The highest BCUT2D eigenvalue weighted by molar-refractivity contribution is 14.1. The minimum Gasteiger partial charge on any atom is -0.381 e. The maximum atomic E-state index is 5.20. The van der Waals surface area contributed by atoms with Crippen molar-refractivity contribution in [2.24, 2.45) is 22.7 Å². The first-order valence-corrected chi connectivity index (χ1v) is 11.3. The number of fused-ring (bicyclic) bond motifs is 1. The van der Waals surface area contributed by atoms with Gasteiger partial charge in [0.25, 0.3) is 0 Å². The van der Waals surface area contributed by atoms with E-state index in [-0.39, 0.29) is 0 Å². The molecule has 138 valence electrons. The Balaban J connectivity index is 2.19. The van der Waals surface area contributed by atoms with Gasteiger partial charge in [-0.1, -0.05) is 66.7 Å². The van der Waals surface area contributed by atoms with Crippen LogP contribution in [0.15, 0.2) is 23.3 Å². The molecule has 0 radical (unpaired) electrons. The Morgan fingerprint density at radius 2 is 2.08 bits per heavy atom. The summed E-state index contributed by atoms with van der Waals surface area (Å²) in [5.41, 5.74) is 4.23. The molecular formula is C22H37IO. The molecule has 0 N–H and O–H groups in total. The normalized spacial score (nSPS) is 37.1. The van der Waals surface area contributed by atoms with E-state index in [1.807, 2.05) is 5.57 Å². The summed E-state index contributed by atoms with van der Waals surface area (Å²) >= 11 is 2.58. The third-order valence-electron chi connectivity index (χ3n) is 7.23. The van der Waals surface area contributed by atoms with Crippen LogP contribution in [0, 0.1) is 22.7 Å². The molecule has 2 rings (SSSR count). The topological polar surface area (TPSA) is 9.23 Å². The Morgan fingerprint density at radius 1 is 1.33 bits per heavy atom. The smallest absolute Gasteiger partial charge is 0.0646 e. The number of ether oxygens (including phenoxy) is 1. The van der Waals surface area contributed by atoms with E-state index in [1.54, 1.807) is 7.11 Å². The second-order valence-electron chi connectivity index (χ2n) is 8.75. The molecule has 0 aliphatic heterocycles. The highest BCUT2D eigenvalue weighted by Gasteiger charge is 2.48. The monoisotopic (exact) mass is 444 g/mol. The first-order chi connectivity index (χ1) is 11.4. The van der Waals surface area contributed by atoms with Gasteiger partial charge in [-0.05, 0) is 74.5 Å². The number of hydrogen-bond acceptors (Lipinski definition) is 1. The maximum absolute atomic E-state index is 5.20. The third kappa shape index (κ3) is 4.28. The van der Waals surface area contributed by atoms with Crippen LogP contribution in [-0.2, 0) is 4.74 Å². The van der Waals surface area contributed by atoms with Crippen molar-refractivity contribution < 1.29 is 4.74 Å². The van der Waals surface area contributed by atoms with E-state index in [1.165, 1.54) is 54.9 Å². The lowest BCUT2D eigenvalue weighted by Crippen LogP contribution is -2.44. The van der Waals surface area contributed by atoms with Crippen LogP contribution in [0.3, 0.4) is 0 Å². The number of alkyl halides is 1. The molecule has 0 aromatic rings. The highest BCUT2D eigenvalue weighted by Crippen LogP contribution is 2.59. The molecule has 2 aliphatic carbocycles. The standard InChI is InChI=1S/C22H37IO/c1-17(11-16-24-5)10-13-22(4)18(2)8-9-19-20(22)7-6-12-21(19,3)14-15-23/h7,11,18-19H,6,8-10,12-16H2,1-5H3/b17-11+/t18-,19+,21-,22+/m1/s1. The number of methoxy groups -OCH3 is 1. The fourth-order valence-electron chi connectivity index (χ4n) is 5.09. The molecule has 0 unspecified atom stereocenters. The van der Waals surface area contributed by atoms with E-state index >= 15 is 0 Å². The molecule has 0 bridgehead atoms. The molecule has 0 aromatic carbocycles. The zero-order valence-electron chi connectivity index (χ0n) is 16.5. The Hall–Kier alpha value is 0.170. The van der Waals surface area contributed by atoms with Crippen LogP contribution in [0.2, 0.25) is 0 Å². The van der Waals surface area contributed by atoms with Crippen LogP contribution in [0.5, 0.6) is 0 Å². The summed E-state index contributed by atoms with van der Waals surface area (Å²) in [5.74, 6) is 1.63. The van der Waals surface area contributed by atoms with Gasteiger partial charge < -0.3 is 4.74 Å². The molecule has 1 saturated carbocycles. The maximum Gasteiger partial charge on any atom is 0.0646 e. The predicted octanol–water partition coefficient (Wildman–Crippen LogP) is 6.96. The van der Waals surface area contributed by atoms with E-state index in [9.17, 15) is 0 Å². The number of rotatable bonds is 7. The third-order valence-corrected chi connectivity index (χ3v) is 7.77. The number of halogens is 1. The Bertz CT molecular complexity index is 480. The summed E-state index contributed by atoms with van der Waals surface area (Å²) in [5, 5.41) is 0.